The van der Waals surface area contributed by atoms with Gasteiger partial charge in [-0.25, -0.2) is 0 Å². The van der Waals surface area contributed by atoms with Crippen LogP contribution >= 0.6 is 0 Å². The third-order valence-electron chi connectivity index (χ3n) is 3.24. The second kappa shape index (κ2) is 7.28. The van der Waals surface area contributed by atoms with E-state index in [2.05, 4.69) is 17.4 Å². The number of benzene rings is 1. The summed E-state index contributed by atoms with van der Waals surface area (Å²) in [5.74, 6) is 0.186. The van der Waals surface area contributed by atoms with Gasteiger partial charge in [-0.05, 0) is 18.9 Å². The number of nitrogens with zero attached hydrogens (tertiary/aromatic N) is 1. The third kappa shape index (κ3) is 5.48. The van der Waals surface area contributed by atoms with E-state index in [4.69, 9.17) is 13.0 Å². The highest BCUT2D eigenvalue weighted by Crippen LogP contribution is 2.20. The summed E-state index contributed by atoms with van der Waals surface area (Å²) in [6.07, 6.45) is 0.917. The van der Waals surface area contributed by atoms with Crippen molar-refractivity contribution in [3.8, 4) is 0 Å². The molecule has 2 rings (SSSR count). The van der Waals surface area contributed by atoms with Crippen molar-refractivity contribution in [2.45, 2.75) is 31.1 Å². The van der Waals surface area contributed by atoms with Crippen molar-refractivity contribution < 1.29 is 30.9 Å². The van der Waals surface area contributed by atoms with Crippen molar-refractivity contribution in [1.82, 2.24) is 10.2 Å². The minimum absolute atomic E-state index is 0.0626. The van der Waals surface area contributed by atoms with Crippen LogP contribution in [0.4, 0.5) is 13.2 Å². The standard InChI is InChI=1S/C12H16N2O.CHF3O3S/c1-9-13-11(12(15)14(9)2)8-10-6-4-3-5-7-10;2-1(3,4)8(5,6)7/h3-7,9,11,13H,8H2,1-2H3;(H,5,6,7)/t9-,11+;/m1./s1. The van der Waals surface area contributed by atoms with Gasteiger partial charge in [0.1, 0.15) is 0 Å². The molecule has 1 aromatic rings. The number of nitrogens with one attached hydrogen (secondary N) is 1. The predicted molar refractivity (Wildman–Crippen MR) is 76.9 cm³/mol. The van der Waals surface area contributed by atoms with E-state index in [9.17, 15) is 18.0 Å². The number of amides is 1. The van der Waals surface area contributed by atoms with Gasteiger partial charge < -0.3 is 4.90 Å². The maximum atomic E-state index is 11.8. The fourth-order valence-corrected chi connectivity index (χ4v) is 1.91. The molecule has 6 nitrogen and oxygen atoms in total. The highest BCUT2D eigenvalue weighted by molar-refractivity contribution is 7.86. The van der Waals surface area contributed by atoms with Gasteiger partial charge in [-0.2, -0.15) is 21.6 Å². The second-order valence-corrected chi connectivity index (χ2v) is 6.37. The Bertz CT molecular complexity index is 634. The van der Waals surface area contributed by atoms with Crippen molar-refractivity contribution in [1.29, 1.82) is 0 Å². The zero-order chi connectivity index (χ0) is 17.8. The van der Waals surface area contributed by atoms with E-state index in [1.807, 2.05) is 32.2 Å². The highest BCUT2D eigenvalue weighted by Gasteiger charge is 2.44. The summed E-state index contributed by atoms with van der Waals surface area (Å²) in [5, 5.41) is 3.28. The van der Waals surface area contributed by atoms with Crippen LogP contribution in [-0.2, 0) is 21.3 Å². The molecule has 0 spiro atoms. The molecule has 23 heavy (non-hydrogen) atoms. The van der Waals surface area contributed by atoms with Gasteiger partial charge in [0, 0.05) is 7.05 Å². The maximum Gasteiger partial charge on any atom is 0.522 e. The van der Waals surface area contributed by atoms with E-state index in [0.717, 1.165) is 6.42 Å². The lowest BCUT2D eigenvalue weighted by Gasteiger charge is -2.12. The van der Waals surface area contributed by atoms with Gasteiger partial charge in [-0.15, -0.1) is 0 Å². The van der Waals surface area contributed by atoms with E-state index >= 15 is 0 Å². The topological polar surface area (TPSA) is 86.7 Å². The molecule has 130 valence electrons. The fourth-order valence-electron chi connectivity index (χ4n) is 1.91. The number of rotatable bonds is 2. The summed E-state index contributed by atoms with van der Waals surface area (Å²) < 4.78 is 57.5. The number of likely N-dealkylation sites (N-methyl/N-ethyl adjacent to an activating group) is 1. The molecule has 10 heteroatoms. The Labute approximate surface area is 132 Å². The van der Waals surface area contributed by atoms with Gasteiger partial charge in [-0.3, -0.25) is 14.7 Å². The average molecular weight is 354 g/mol. The largest absolute Gasteiger partial charge is 0.522 e. The van der Waals surface area contributed by atoms with Gasteiger partial charge in [0.25, 0.3) is 0 Å². The lowest BCUT2D eigenvalue weighted by molar-refractivity contribution is -0.128. The van der Waals surface area contributed by atoms with Gasteiger partial charge >= 0.3 is 15.6 Å². The zero-order valence-corrected chi connectivity index (χ0v) is 13.2. The molecule has 1 aliphatic rings. The highest BCUT2D eigenvalue weighted by atomic mass is 32.2. The maximum absolute atomic E-state index is 11.8. The lowest BCUT2D eigenvalue weighted by Crippen LogP contribution is -2.32. The predicted octanol–water partition coefficient (Wildman–Crippen LogP) is 1.40. The number of alkyl halides is 3. The molecule has 1 heterocycles. The van der Waals surface area contributed by atoms with Crippen molar-refractivity contribution in [3.05, 3.63) is 35.9 Å². The van der Waals surface area contributed by atoms with E-state index in [-0.39, 0.29) is 18.1 Å². The first-order chi connectivity index (χ1) is 10.4. The molecule has 1 aliphatic heterocycles. The molecule has 1 aromatic carbocycles. The molecule has 0 aliphatic carbocycles. The summed E-state index contributed by atoms with van der Waals surface area (Å²) in [6.45, 7) is 2.00. The van der Waals surface area contributed by atoms with Crippen LogP contribution in [0.25, 0.3) is 0 Å². The summed E-state index contributed by atoms with van der Waals surface area (Å²) in [7, 11) is -4.00. The Morgan fingerprint density at radius 1 is 1.26 bits per heavy atom. The van der Waals surface area contributed by atoms with Crippen molar-refractivity contribution in [2.75, 3.05) is 7.05 Å². The van der Waals surface area contributed by atoms with Crippen LogP contribution in [0.5, 0.6) is 0 Å². The smallest absolute Gasteiger partial charge is 0.329 e. The number of hydrogen-bond acceptors (Lipinski definition) is 4. The van der Waals surface area contributed by atoms with Crippen LogP contribution in [0.1, 0.15) is 12.5 Å². The SMILES string of the molecule is C[C@@H]1N[C@@H](Cc2ccccc2)C(=O)N1C.O=S(=O)(O)C(F)(F)F. The number of carbonyl (C=O) groups excluding carboxylic acids is 1. The number of carbonyl (C=O) groups is 1. The third-order valence-corrected chi connectivity index (χ3v) is 3.83. The normalized spacial score (nSPS) is 21.8. The average Bonchev–Trinajstić information content (AvgIpc) is 2.66. The van der Waals surface area contributed by atoms with Crippen LogP contribution in [0.3, 0.4) is 0 Å². The van der Waals surface area contributed by atoms with Crippen molar-refractivity contribution in [3.63, 3.8) is 0 Å². The molecule has 2 atom stereocenters. The summed E-state index contributed by atoms with van der Waals surface area (Å²) >= 11 is 0. The zero-order valence-electron chi connectivity index (χ0n) is 12.4. The van der Waals surface area contributed by atoms with Crippen molar-refractivity contribution >= 4 is 16.0 Å². The molecule has 0 radical (unpaired) electrons. The molecular formula is C13H17F3N2O4S. The Kier molecular flexibility index (Phi) is 6.14. The molecule has 0 aromatic heterocycles. The molecule has 1 amide bonds. The second-order valence-electron chi connectivity index (χ2n) is 4.95. The minimum atomic E-state index is -5.84. The van der Waals surface area contributed by atoms with Gasteiger partial charge in [0.15, 0.2) is 0 Å². The number of halogens is 3. The van der Waals surface area contributed by atoms with Crippen LogP contribution in [0.2, 0.25) is 0 Å². The van der Waals surface area contributed by atoms with E-state index in [1.165, 1.54) is 5.56 Å². The van der Waals surface area contributed by atoms with Gasteiger partial charge in [0.05, 0.1) is 12.2 Å². The number of hydrogen-bond donors (Lipinski definition) is 2. The van der Waals surface area contributed by atoms with E-state index in [0.29, 0.717) is 0 Å². The molecule has 0 saturated carbocycles. The molecule has 1 saturated heterocycles. The first-order valence-electron chi connectivity index (χ1n) is 6.54. The quantitative estimate of drug-likeness (QED) is 0.619. The summed E-state index contributed by atoms with van der Waals surface area (Å²) in [5.41, 5.74) is -4.33. The van der Waals surface area contributed by atoms with Crippen LogP contribution in [-0.4, -0.2) is 48.5 Å². The first-order valence-corrected chi connectivity index (χ1v) is 7.98. The molecule has 0 bridgehead atoms. The molecule has 2 N–H and O–H groups in total. The summed E-state index contributed by atoms with van der Waals surface area (Å²) in [4.78, 5) is 13.5. The summed E-state index contributed by atoms with van der Waals surface area (Å²) in [6, 6.07) is 10.0. The lowest BCUT2D eigenvalue weighted by atomic mass is 10.1. The van der Waals surface area contributed by atoms with E-state index in [1.54, 1.807) is 4.90 Å². The fraction of sp³-hybridized carbons (Fsp3) is 0.462. The Morgan fingerprint density at radius 3 is 2.09 bits per heavy atom. The monoisotopic (exact) mass is 354 g/mol. The van der Waals surface area contributed by atoms with Crippen LogP contribution < -0.4 is 5.32 Å². The van der Waals surface area contributed by atoms with E-state index < -0.39 is 15.6 Å². The Hall–Kier alpha value is -1.65. The Morgan fingerprint density at radius 2 is 1.74 bits per heavy atom. The van der Waals surface area contributed by atoms with Crippen LogP contribution in [0, 0.1) is 0 Å². The van der Waals surface area contributed by atoms with Crippen LogP contribution in [0.15, 0.2) is 30.3 Å². The van der Waals surface area contributed by atoms with Gasteiger partial charge in [-0.1, -0.05) is 30.3 Å². The molecule has 0 unspecified atom stereocenters. The molecular weight excluding hydrogens is 337 g/mol. The van der Waals surface area contributed by atoms with Gasteiger partial charge in [0.2, 0.25) is 5.91 Å². The molecule has 1 fully saturated rings. The van der Waals surface area contributed by atoms with Crippen molar-refractivity contribution in [2.24, 2.45) is 0 Å². The minimum Gasteiger partial charge on any atom is -0.329 e. The Balaban J connectivity index is 0.000000284. The first kappa shape index (κ1) is 19.4.